The number of aromatic nitrogens is 2. The molecular formula is C8H13N3. The summed E-state index contributed by atoms with van der Waals surface area (Å²) in [5.74, 6) is 1.17. The van der Waals surface area contributed by atoms with E-state index in [1.807, 2.05) is 6.33 Å². The third-order valence-corrected chi connectivity index (χ3v) is 2.31. The third kappa shape index (κ3) is 0.914. The van der Waals surface area contributed by atoms with Crippen molar-refractivity contribution >= 4 is 5.82 Å². The number of imidazole rings is 1. The number of aryl methyl sites for hydroxylation is 1. The summed E-state index contributed by atoms with van der Waals surface area (Å²) in [4.78, 5) is 6.55. The van der Waals surface area contributed by atoms with E-state index in [0.717, 1.165) is 6.54 Å². The van der Waals surface area contributed by atoms with Gasteiger partial charge >= 0.3 is 0 Å². The van der Waals surface area contributed by atoms with Gasteiger partial charge in [0.2, 0.25) is 0 Å². The molecule has 3 nitrogen and oxygen atoms in total. The van der Waals surface area contributed by atoms with Crippen LogP contribution in [0.3, 0.4) is 0 Å². The van der Waals surface area contributed by atoms with Crippen LogP contribution in [0.5, 0.6) is 0 Å². The zero-order valence-corrected chi connectivity index (χ0v) is 7.04. The molecule has 60 valence electrons. The van der Waals surface area contributed by atoms with Gasteiger partial charge in [-0.25, -0.2) is 4.98 Å². The molecule has 1 aromatic rings. The standard InChI is InChI=1S/C8H13N3/c1-10-5-3-4-7-8(10)9-6-11(7)2/h6H,3-5H2,1-2H3. The minimum absolute atomic E-state index is 1.14. The summed E-state index contributed by atoms with van der Waals surface area (Å²) in [6.45, 7) is 1.14. The Hall–Kier alpha value is -0.990. The SMILES string of the molecule is CN1CCCc2c1ncn2C. The fourth-order valence-electron chi connectivity index (χ4n) is 1.64. The molecule has 0 saturated heterocycles. The van der Waals surface area contributed by atoms with Crippen molar-refractivity contribution in [2.75, 3.05) is 18.5 Å². The molecule has 1 aliphatic rings. The number of hydrogen-bond acceptors (Lipinski definition) is 2. The molecule has 1 aliphatic heterocycles. The van der Waals surface area contributed by atoms with Gasteiger partial charge in [0.1, 0.15) is 5.82 Å². The van der Waals surface area contributed by atoms with Crippen LogP contribution in [0, 0.1) is 0 Å². The number of fused-ring (bicyclic) bond motifs is 1. The van der Waals surface area contributed by atoms with E-state index in [4.69, 9.17) is 0 Å². The minimum Gasteiger partial charge on any atom is -0.358 e. The smallest absolute Gasteiger partial charge is 0.149 e. The summed E-state index contributed by atoms with van der Waals surface area (Å²) in [6, 6.07) is 0. The molecule has 0 bridgehead atoms. The Bertz CT molecular complexity index is 264. The molecule has 0 radical (unpaired) electrons. The molecule has 0 unspecified atom stereocenters. The molecule has 0 N–H and O–H groups in total. The van der Waals surface area contributed by atoms with E-state index in [-0.39, 0.29) is 0 Å². The predicted octanol–water partition coefficient (Wildman–Crippen LogP) is 0.802. The van der Waals surface area contributed by atoms with E-state index in [1.54, 1.807) is 0 Å². The number of anilines is 1. The zero-order chi connectivity index (χ0) is 7.84. The van der Waals surface area contributed by atoms with Crippen molar-refractivity contribution in [3.8, 4) is 0 Å². The molecule has 0 saturated carbocycles. The predicted molar refractivity (Wildman–Crippen MR) is 44.8 cm³/mol. The van der Waals surface area contributed by atoms with Crippen LogP contribution in [0.15, 0.2) is 6.33 Å². The highest BCUT2D eigenvalue weighted by Crippen LogP contribution is 2.22. The van der Waals surface area contributed by atoms with Gasteiger partial charge in [-0.2, -0.15) is 0 Å². The molecule has 2 heterocycles. The van der Waals surface area contributed by atoms with Crippen molar-refractivity contribution in [3.63, 3.8) is 0 Å². The molecule has 0 aromatic carbocycles. The lowest BCUT2D eigenvalue weighted by Crippen LogP contribution is -2.25. The Labute approximate surface area is 66.6 Å². The van der Waals surface area contributed by atoms with Gasteiger partial charge in [-0.05, 0) is 12.8 Å². The van der Waals surface area contributed by atoms with Crippen LogP contribution in [0.2, 0.25) is 0 Å². The first-order valence-corrected chi connectivity index (χ1v) is 4.00. The molecule has 0 amide bonds. The van der Waals surface area contributed by atoms with Crippen molar-refractivity contribution in [2.24, 2.45) is 7.05 Å². The van der Waals surface area contributed by atoms with Crippen LogP contribution >= 0.6 is 0 Å². The second-order valence-electron chi connectivity index (χ2n) is 3.15. The Morgan fingerprint density at radius 1 is 1.45 bits per heavy atom. The minimum atomic E-state index is 1.14. The zero-order valence-electron chi connectivity index (χ0n) is 7.04. The van der Waals surface area contributed by atoms with Gasteiger partial charge in [0.05, 0.1) is 12.0 Å². The van der Waals surface area contributed by atoms with Crippen molar-refractivity contribution in [2.45, 2.75) is 12.8 Å². The lowest BCUT2D eigenvalue weighted by Gasteiger charge is -2.23. The third-order valence-electron chi connectivity index (χ3n) is 2.31. The van der Waals surface area contributed by atoms with Gasteiger partial charge < -0.3 is 9.47 Å². The van der Waals surface area contributed by atoms with Crippen LogP contribution in [-0.2, 0) is 13.5 Å². The Morgan fingerprint density at radius 3 is 3.00 bits per heavy atom. The molecule has 1 aromatic heterocycles. The highest BCUT2D eigenvalue weighted by atomic mass is 15.2. The summed E-state index contributed by atoms with van der Waals surface area (Å²) in [5.41, 5.74) is 1.37. The first kappa shape index (κ1) is 6.70. The summed E-state index contributed by atoms with van der Waals surface area (Å²) >= 11 is 0. The molecule has 0 fully saturated rings. The number of hydrogen-bond donors (Lipinski definition) is 0. The highest BCUT2D eigenvalue weighted by Gasteiger charge is 2.16. The van der Waals surface area contributed by atoms with Crippen LogP contribution in [0.1, 0.15) is 12.1 Å². The molecular weight excluding hydrogens is 138 g/mol. The van der Waals surface area contributed by atoms with Crippen LogP contribution in [0.4, 0.5) is 5.82 Å². The number of rotatable bonds is 0. The van der Waals surface area contributed by atoms with Crippen molar-refractivity contribution in [1.29, 1.82) is 0 Å². The second-order valence-corrected chi connectivity index (χ2v) is 3.15. The molecule has 0 aliphatic carbocycles. The van der Waals surface area contributed by atoms with Gasteiger partial charge in [-0.3, -0.25) is 0 Å². The van der Waals surface area contributed by atoms with E-state index in [2.05, 4.69) is 28.5 Å². The quantitative estimate of drug-likeness (QED) is 0.547. The molecule has 2 rings (SSSR count). The van der Waals surface area contributed by atoms with Gasteiger partial charge in [-0.1, -0.05) is 0 Å². The Kier molecular flexibility index (Phi) is 1.37. The van der Waals surface area contributed by atoms with E-state index >= 15 is 0 Å². The lowest BCUT2D eigenvalue weighted by molar-refractivity contribution is 0.694. The Balaban J connectivity index is 2.46. The summed E-state index contributed by atoms with van der Waals surface area (Å²) < 4.78 is 2.12. The fraction of sp³-hybridized carbons (Fsp3) is 0.625. The van der Waals surface area contributed by atoms with Crippen LogP contribution in [0.25, 0.3) is 0 Å². The molecule has 0 spiro atoms. The van der Waals surface area contributed by atoms with Crippen molar-refractivity contribution < 1.29 is 0 Å². The van der Waals surface area contributed by atoms with E-state index < -0.39 is 0 Å². The molecule has 0 atom stereocenters. The normalized spacial score (nSPS) is 16.7. The average Bonchev–Trinajstić information content (AvgIpc) is 2.35. The van der Waals surface area contributed by atoms with Gasteiger partial charge in [0, 0.05) is 20.6 Å². The van der Waals surface area contributed by atoms with E-state index in [0.29, 0.717) is 0 Å². The first-order valence-electron chi connectivity index (χ1n) is 4.00. The highest BCUT2D eigenvalue weighted by molar-refractivity contribution is 5.45. The summed E-state index contributed by atoms with van der Waals surface area (Å²) in [6.07, 6.45) is 4.33. The van der Waals surface area contributed by atoms with Gasteiger partial charge in [0.15, 0.2) is 0 Å². The molecule has 11 heavy (non-hydrogen) atoms. The maximum Gasteiger partial charge on any atom is 0.149 e. The Morgan fingerprint density at radius 2 is 2.27 bits per heavy atom. The topological polar surface area (TPSA) is 21.1 Å². The van der Waals surface area contributed by atoms with Crippen LogP contribution in [-0.4, -0.2) is 23.1 Å². The average molecular weight is 151 g/mol. The van der Waals surface area contributed by atoms with Crippen molar-refractivity contribution in [1.82, 2.24) is 9.55 Å². The van der Waals surface area contributed by atoms with E-state index in [1.165, 1.54) is 24.4 Å². The molecule has 3 heteroatoms. The first-order chi connectivity index (χ1) is 5.29. The fourth-order valence-corrected chi connectivity index (χ4v) is 1.64. The van der Waals surface area contributed by atoms with Gasteiger partial charge in [-0.15, -0.1) is 0 Å². The largest absolute Gasteiger partial charge is 0.358 e. The summed E-state index contributed by atoms with van der Waals surface area (Å²) in [5, 5.41) is 0. The number of nitrogens with zero attached hydrogens (tertiary/aromatic N) is 3. The summed E-state index contributed by atoms with van der Waals surface area (Å²) in [7, 11) is 4.16. The van der Waals surface area contributed by atoms with Crippen LogP contribution < -0.4 is 4.90 Å². The lowest BCUT2D eigenvalue weighted by atomic mass is 10.1. The monoisotopic (exact) mass is 151 g/mol. The van der Waals surface area contributed by atoms with E-state index in [9.17, 15) is 0 Å². The van der Waals surface area contributed by atoms with Crippen molar-refractivity contribution in [3.05, 3.63) is 12.0 Å². The van der Waals surface area contributed by atoms with Gasteiger partial charge in [0.25, 0.3) is 0 Å². The second kappa shape index (κ2) is 2.26. The maximum atomic E-state index is 4.33. The maximum absolute atomic E-state index is 4.33.